The van der Waals surface area contributed by atoms with Crippen LogP contribution < -0.4 is 5.56 Å². The Hall–Kier alpha value is -1.09. The van der Waals surface area contributed by atoms with Crippen molar-refractivity contribution in [3.05, 3.63) is 33.7 Å². The highest BCUT2D eigenvalue weighted by atomic mass is 16.3. The molecule has 3 nitrogen and oxygen atoms in total. The topological polar surface area (TPSA) is 42.2 Å². The molecule has 0 atom stereocenters. The Morgan fingerprint density at radius 1 is 1.12 bits per heavy atom. The predicted molar refractivity (Wildman–Crippen MR) is 65.6 cm³/mol. The van der Waals surface area contributed by atoms with E-state index in [2.05, 4.69) is 20.8 Å². The van der Waals surface area contributed by atoms with Gasteiger partial charge in [-0.25, -0.2) is 0 Å². The van der Waals surface area contributed by atoms with Gasteiger partial charge in [0.1, 0.15) is 0 Å². The van der Waals surface area contributed by atoms with Gasteiger partial charge in [0, 0.05) is 23.7 Å². The molecule has 0 aliphatic rings. The van der Waals surface area contributed by atoms with Crippen LogP contribution in [0.25, 0.3) is 0 Å². The summed E-state index contributed by atoms with van der Waals surface area (Å²) in [5, 5.41) is 9.87. The van der Waals surface area contributed by atoms with Gasteiger partial charge in [0.15, 0.2) is 0 Å². The minimum atomic E-state index is -1.09. The number of nitrogens with zero attached hydrogens (tertiary/aromatic N) is 1. The van der Waals surface area contributed by atoms with Crippen molar-refractivity contribution in [1.29, 1.82) is 0 Å². The fraction of sp³-hybridized carbons (Fsp3) is 0.615. The minimum Gasteiger partial charge on any atom is -0.386 e. The van der Waals surface area contributed by atoms with Crippen molar-refractivity contribution in [2.75, 3.05) is 0 Å². The Balaban J connectivity index is 3.48. The van der Waals surface area contributed by atoms with E-state index >= 15 is 0 Å². The van der Waals surface area contributed by atoms with Crippen LogP contribution in [0.4, 0.5) is 0 Å². The molecular weight excluding hydrogens is 202 g/mol. The molecule has 0 spiro atoms. The molecule has 3 heteroatoms. The standard InChI is InChI=1S/C13H21NO2/c1-12(2,3)10-8-7-9(13(4,5)16)11(15)14(10)6/h7-8,16H,1-6H3. The van der Waals surface area contributed by atoms with Gasteiger partial charge in [0.05, 0.1) is 5.60 Å². The molecular formula is C13H21NO2. The number of pyridine rings is 1. The summed E-state index contributed by atoms with van der Waals surface area (Å²) in [6.45, 7) is 9.43. The Morgan fingerprint density at radius 3 is 2.00 bits per heavy atom. The molecule has 0 saturated heterocycles. The molecule has 0 saturated carbocycles. The zero-order valence-corrected chi connectivity index (χ0v) is 11.0. The molecule has 1 aromatic heterocycles. The van der Waals surface area contributed by atoms with Crippen LogP contribution in [0.1, 0.15) is 45.9 Å². The van der Waals surface area contributed by atoms with E-state index in [9.17, 15) is 9.90 Å². The third-order valence-electron chi connectivity index (χ3n) is 2.73. The smallest absolute Gasteiger partial charge is 0.256 e. The van der Waals surface area contributed by atoms with Crippen LogP contribution in [-0.2, 0) is 18.1 Å². The summed E-state index contributed by atoms with van der Waals surface area (Å²) >= 11 is 0. The Morgan fingerprint density at radius 2 is 1.62 bits per heavy atom. The van der Waals surface area contributed by atoms with E-state index in [-0.39, 0.29) is 11.0 Å². The third kappa shape index (κ3) is 2.35. The minimum absolute atomic E-state index is 0.0773. The fourth-order valence-electron chi connectivity index (χ4n) is 1.85. The average molecular weight is 223 g/mol. The maximum absolute atomic E-state index is 12.1. The van der Waals surface area contributed by atoms with Crippen molar-refractivity contribution >= 4 is 0 Å². The highest BCUT2D eigenvalue weighted by Gasteiger charge is 2.24. The average Bonchev–Trinajstić information content (AvgIpc) is 2.05. The molecule has 0 aliphatic carbocycles. The van der Waals surface area contributed by atoms with E-state index in [1.54, 1.807) is 31.5 Å². The number of hydrogen-bond donors (Lipinski definition) is 1. The van der Waals surface area contributed by atoms with Crippen LogP contribution in [0, 0.1) is 0 Å². The van der Waals surface area contributed by atoms with Crippen molar-refractivity contribution < 1.29 is 5.11 Å². The molecule has 0 aromatic carbocycles. The maximum Gasteiger partial charge on any atom is 0.256 e. The molecule has 0 amide bonds. The molecule has 90 valence electrons. The van der Waals surface area contributed by atoms with Crippen LogP contribution in [0.3, 0.4) is 0 Å². The summed E-state index contributed by atoms with van der Waals surface area (Å²) in [5.41, 5.74) is 0.102. The Bertz CT molecular complexity index is 444. The van der Waals surface area contributed by atoms with E-state index in [1.165, 1.54) is 0 Å². The fourth-order valence-corrected chi connectivity index (χ4v) is 1.85. The Kier molecular flexibility index (Phi) is 3.03. The highest BCUT2D eigenvalue weighted by Crippen LogP contribution is 2.22. The van der Waals surface area contributed by atoms with Gasteiger partial charge in [-0.2, -0.15) is 0 Å². The second kappa shape index (κ2) is 3.74. The molecule has 0 aliphatic heterocycles. The lowest BCUT2D eigenvalue weighted by atomic mass is 9.89. The van der Waals surface area contributed by atoms with Gasteiger partial charge < -0.3 is 9.67 Å². The monoisotopic (exact) mass is 223 g/mol. The van der Waals surface area contributed by atoms with Crippen LogP contribution in [0.2, 0.25) is 0 Å². The highest BCUT2D eigenvalue weighted by molar-refractivity contribution is 5.24. The van der Waals surface area contributed by atoms with Gasteiger partial charge >= 0.3 is 0 Å². The summed E-state index contributed by atoms with van der Waals surface area (Å²) < 4.78 is 1.62. The summed E-state index contributed by atoms with van der Waals surface area (Å²) in [7, 11) is 1.75. The first kappa shape index (κ1) is 13.0. The number of aromatic nitrogens is 1. The largest absolute Gasteiger partial charge is 0.386 e. The molecule has 1 rings (SSSR count). The van der Waals surface area contributed by atoms with Crippen molar-refractivity contribution in [3.8, 4) is 0 Å². The van der Waals surface area contributed by atoms with Gasteiger partial charge in [-0.1, -0.05) is 20.8 Å². The van der Waals surface area contributed by atoms with Crippen LogP contribution in [0.5, 0.6) is 0 Å². The predicted octanol–water partition coefficient (Wildman–Crippen LogP) is 1.91. The van der Waals surface area contributed by atoms with Gasteiger partial charge in [-0.05, 0) is 26.0 Å². The molecule has 16 heavy (non-hydrogen) atoms. The van der Waals surface area contributed by atoms with Crippen LogP contribution >= 0.6 is 0 Å². The Labute approximate surface area is 96.7 Å². The van der Waals surface area contributed by atoms with E-state index in [0.29, 0.717) is 5.56 Å². The van der Waals surface area contributed by atoms with Gasteiger partial charge in [-0.3, -0.25) is 4.79 Å². The summed E-state index contributed by atoms with van der Waals surface area (Å²) in [4.78, 5) is 12.1. The molecule has 0 fully saturated rings. The van der Waals surface area contributed by atoms with Crippen molar-refractivity contribution in [1.82, 2.24) is 4.57 Å². The zero-order valence-electron chi connectivity index (χ0n) is 11.0. The van der Waals surface area contributed by atoms with Gasteiger partial charge in [0.25, 0.3) is 5.56 Å². The van der Waals surface area contributed by atoms with Gasteiger partial charge in [0.2, 0.25) is 0 Å². The lowest BCUT2D eigenvalue weighted by Gasteiger charge is -2.25. The lowest BCUT2D eigenvalue weighted by molar-refractivity contribution is 0.0764. The molecule has 0 radical (unpaired) electrons. The zero-order chi connectivity index (χ0) is 12.7. The van der Waals surface area contributed by atoms with Crippen molar-refractivity contribution in [2.24, 2.45) is 7.05 Å². The summed E-state index contributed by atoms with van der Waals surface area (Å²) in [5.74, 6) is 0. The van der Waals surface area contributed by atoms with Crippen molar-refractivity contribution in [2.45, 2.75) is 45.6 Å². The van der Waals surface area contributed by atoms with E-state index < -0.39 is 5.60 Å². The second-order valence-electron chi connectivity index (χ2n) is 5.81. The summed E-state index contributed by atoms with van der Waals surface area (Å²) in [6, 6.07) is 3.64. The van der Waals surface area contributed by atoms with Crippen LogP contribution in [0.15, 0.2) is 16.9 Å². The molecule has 0 bridgehead atoms. The number of rotatable bonds is 1. The molecule has 1 aromatic rings. The second-order valence-corrected chi connectivity index (χ2v) is 5.81. The molecule has 1 N–H and O–H groups in total. The SMILES string of the molecule is Cn1c(C(C)(C)C)ccc(C(C)(C)O)c1=O. The quantitative estimate of drug-likeness (QED) is 0.790. The van der Waals surface area contributed by atoms with E-state index in [4.69, 9.17) is 0 Å². The van der Waals surface area contributed by atoms with Crippen molar-refractivity contribution in [3.63, 3.8) is 0 Å². The first-order chi connectivity index (χ1) is 7.05. The molecule has 1 heterocycles. The normalized spacial score (nSPS) is 12.9. The van der Waals surface area contributed by atoms with E-state index in [0.717, 1.165) is 5.69 Å². The first-order valence-corrected chi connectivity index (χ1v) is 5.48. The number of hydrogen-bond acceptors (Lipinski definition) is 2. The lowest BCUT2D eigenvalue weighted by Crippen LogP contribution is -2.34. The molecule has 0 unspecified atom stereocenters. The summed E-state index contributed by atoms with van der Waals surface area (Å²) in [6.07, 6.45) is 0. The van der Waals surface area contributed by atoms with Crippen LogP contribution in [-0.4, -0.2) is 9.67 Å². The first-order valence-electron chi connectivity index (χ1n) is 5.48. The third-order valence-corrected chi connectivity index (χ3v) is 2.73. The van der Waals surface area contributed by atoms with E-state index in [1.807, 2.05) is 6.07 Å². The van der Waals surface area contributed by atoms with Gasteiger partial charge in [-0.15, -0.1) is 0 Å². The number of aliphatic hydroxyl groups is 1. The maximum atomic E-state index is 12.1.